The number of amides is 2. The summed E-state index contributed by atoms with van der Waals surface area (Å²) in [5.41, 5.74) is 1.79. The van der Waals surface area contributed by atoms with Crippen LogP contribution in [0.1, 0.15) is 27.5 Å². The Bertz CT molecular complexity index is 890. The van der Waals surface area contributed by atoms with Crippen molar-refractivity contribution in [3.63, 3.8) is 0 Å². The Morgan fingerprint density at radius 2 is 2.15 bits per heavy atom. The number of aliphatic hydroxyl groups excluding tert-OH is 1. The van der Waals surface area contributed by atoms with E-state index < -0.39 is 24.4 Å². The maximum Gasteiger partial charge on any atom is 0.255 e. The molecule has 2 amide bonds. The molecule has 142 valence electrons. The number of fused-ring (bicyclic) bond motifs is 1. The zero-order valence-corrected chi connectivity index (χ0v) is 16.1. The van der Waals surface area contributed by atoms with Gasteiger partial charge in [-0.3, -0.25) is 9.59 Å². The predicted molar refractivity (Wildman–Crippen MR) is 99.8 cm³/mol. The molecule has 8 heteroatoms. The van der Waals surface area contributed by atoms with Gasteiger partial charge >= 0.3 is 0 Å². The number of benzene rings is 2. The van der Waals surface area contributed by atoms with Gasteiger partial charge in [-0.1, -0.05) is 22.0 Å². The van der Waals surface area contributed by atoms with Crippen molar-refractivity contribution in [2.24, 2.45) is 0 Å². The number of hydrogen-bond acceptors (Lipinski definition) is 4. The summed E-state index contributed by atoms with van der Waals surface area (Å²) in [5.74, 6) is -0.923. The van der Waals surface area contributed by atoms with E-state index in [1.165, 1.54) is 24.1 Å². The molecule has 1 atom stereocenters. The van der Waals surface area contributed by atoms with Gasteiger partial charge in [0.15, 0.2) is 0 Å². The van der Waals surface area contributed by atoms with E-state index in [4.69, 9.17) is 4.74 Å². The molecule has 1 aliphatic heterocycles. The van der Waals surface area contributed by atoms with Crippen molar-refractivity contribution in [3.8, 4) is 5.75 Å². The van der Waals surface area contributed by atoms with Gasteiger partial charge in [0.25, 0.3) is 5.91 Å². The molecular weight excluding hydrogens is 419 g/mol. The SMILES string of the molecule is COc1cc(F)cc(C(CO)NC(=O)CN2Cc3ccc(Br)cc3C2=O)c1. The fourth-order valence-corrected chi connectivity index (χ4v) is 3.37. The number of carbonyl (C=O) groups is 2. The van der Waals surface area contributed by atoms with Gasteiger partial charge in [-0.15, -0.1) is 0 Å². The summed E-state index contributed by atoms with van der Waals surface area (Å²) in [7, 11) is 1.40. The van der Waals surface area contributed by atoms with Gasteiger partial charge < -0.3 is 20.1 Å². The molecule has 6 nitrogen and oxygen atoms in total. The number of aliphatic hydroxyl groups is 1. The van der Waals surface area contributed by atoms with E-state index in [0.29, 0.717) is 17.7 Å². The summed E-state index contributed by atoms with van der Waals surface area (Å²) >= 11 is 3.33. The summed E-state index contributed by atoms with van der Waals surface area (Å²) < 4.78 is 19.5. The van der Waals surface area contributed by atoms with E-state index in [2.05, 4.69) is 21.2 Å². The second-order valence-electron chi connectivity index (χ2n) is 6.19. The van der Waals surface area contributed by atoms with Crippen molar-refractivity contribution in [2.75, 3.05) is 20.3 Å². The average molecular weight is 437 g/mol. The molecule has 0 bridgehead atoms. The Balaban J connectivity index is 1.68. The van der Waals surface area contributed by atoms with Gasteiger partial charge in [0.2, 0.25) is 5.91 Å². The smallest absolute Gasteiger partial charge is 0.255 e. The van der Waals surface area contributed by atoms with Crippen LogP contribution in [0.3, 0.4) is 0 Å². The predicted octanol–water partition coefficient (Wildman–Crippen LogP) is 2.40. The van der Waals surface area contributed by atoms with Crippen molar-refractivity contribution in [3.05, 3.63) is 63.4 Å². The second-order valence-corrected chi connectivity index (χ2v) is 7.11. The van der Waals surface area contributed by atoms with Crippen molar-refractivity contribution in [1.29, 1.82) is 0 Å². The van der Waals surface area contributed by atoms with Crippen LogP contribution in [0.2, 0.25) is 0 Å². The van der Waals surface area contributed by atoms with Crippen molar-refractivity contribution >= 4 is 27.7 Å². The minimum absolute atomic E-state index is 0.159. The lowest BCUT2D eigenvalue weighted by Gasteiger charge is -2.20. The molecule has 0 spiro atoms. The number of nitrogens with one attached hydrogen (secondary N) is 1. The number of nitrogens with zero attached hydrogens (tertiary/aromatic N) is 1. The molecule has 3 rings (SSSR count). The summed E-state index contributed by atoms with van der Waals surface area (Å²) in [4.78, 5) is 26.3. The van der Waals surface area contributed by atoms with E-state index >= 15 is 0 Å². The third-order valence-electron chi connectivity index (χ3n) is 4.33. The van der Waals surface area contributed by atoms with Crippen molar-refractivity contribution < 1.29 is 23.8 Å². The molecule has 0 saturated heterocycles. The molecule has 2 aromatic carbocycles. The summed E-state index contributed by atoms with van der Waals surface area (Å²) in [6.45, 7) is -0.236. The fourth-order valence-electron chi connectivity index (χ4n) is 3.01. The highest BCUT2D eigenvalue weighted by molar-refractivity contribution is 9.10. The number of carbonyl (C=O) groups excluding carboxylic acids is 2. The Labute approximate surface area is 164 Å². The van der Waals surface area contributed by atoms with Crippen LogP contribution in [0.15, 0.2) is 40.9 Å². The fraction of sp³-hybridized carbons (Fsp3) is 0.263. The molecule has 1 heterocycles. The number of hydrogen-bond donors (Lipinski definition) is 2. The normalized spacial score (nSPS) is 14.1. The van der Waals surface area contributed by atoms with Crippen LogP contribution in [-0.4, -0.2) is 42.1 Å². The Morgan fingerprint density at radius 3 is 2.85 bits per heavy atom. The standard InChI is InChI=1S/C19H18BrFN2O4/c1-27-15-5-12(4-14(21)7-15)17(10-24)22-18(25)9-23-8-11-2-3-13(20)6-16(11)19(23)26/h2-7,17,24H,8-10H2,1H3,(H,22,25). The molecule has 0 fully saturated rings. The highest BCUT2D eigenvalue weighted by Gasteiger charge is 2.29. The first-order valence-corrected chi connectivity index (χ1v) is 9.03. The van der Waals surface area contributed by atoms with Crippen LogP contribution in [0.5, 0.6) is 5.75 Å². The zero-order valence-electron chi connectivity index (χ0n) is 14.5. The molecule has 0 saturated carbocycles. The molecule has 0 aromatic heterocycles. The first-order valence-electron chi connectivity index (χ1n) is 8.23. The number of methoxy groups -OCH3 is 1. The Hall–Kier alpha value is -2.45. The number of ether oxygens (including phenoxy) is 1. The lowest BCUT2D eigenvalue weighted by molar-refractivity contribution is -0.122. The maximum absolute atomic E-state index is 13.7. The quantitative estimate of drug-likeness (QED) is 0.728. The van der Waals surface area contributed by atoms with Crippen molar-refractivity contribution in [1.82, 2.24) is 10.2 Å². The van der Waals surface area contributed by atoms with Gasteiger partial charge in [0.1, 0.15) is 18.1 Å². The summed E-state index contributed by atoms with van der Waals surface area (Å²) in [6.07, 6.45) is 0. The van der Waals surface area contributed by atoms with Crippen LogP contribution in [-0.2, 0) is 11.3 Å². The lowest BCUT2D eigenvalue weighted by Crippen LogP contribution is -2.40. The van der Waals surface area contributed by atoms with E-state index in [0.717, 1.165) is 10.0 Å². The van der Waals surface area contributed by atoms with Gasteiger partial charge in [0, 0.05) is 22.6 Å². The third kappa shape index (κ3) is 4.28. The van der Waals surface area contributed by atoms with Gasteiger partial charge in [-0.25, -0.2) is 4.39 Å². The molecule has 1 unspecified atom stereocenters. The zero-order chi connectivity index (χ0) is 19.6. The monoisotopic (exact) mass is 436 g/mol. The molecular formula is C19H18BrFN2O4. The second kappa shape index (κ2) is 8.06. The molecule has 27 heavy (non-hydrogen) atoms. The van der Waals surface area contributed by atoms with E-state index in [-0.39, 0.29) is 18.2 Å². The topological polar surface area (TPSA) is 78.9 Å². The van der Waals surface area contributed by atoms with Crippen LogP contribution in [0.4, 0.5) is 4.39 Å². The molecule has 1 aliphatic rings. The van der Waals surface area contributed by atoms with Gasteiger partial charge in [-0.05, 0) is 35.4 Å². The average Bonchev–Trinajstić information content (AvgIpc) is 2.94. The highest BCUT2D eigenvalue weighted by atomic mass is 79.9. The maximum atomic E-state index is 13.7. The van der Waals surface area contributed by atoms with Gasteiger partial charge in [-0.2, -0.15) is 0 Å². The molecule has 2 N–H and O–H groups in total. The van der Waals surface area contributed by atoms with E-state index in [9.17, 15) is 19.1 Å². The Kier molecular flexibility index (Phi) is 5.76. The summed E-state index contributed by atoms with van der Waals surface area (Å²) in [6, 6.07) is 8.57. The highest BCUT2D eigenvalue weighted by Crippen LogP contribution is 2.26. The number of halogens is 2. The molecule has 0 aliphatic carbocycles. The minimum atomic E-state index is -0.809. The van der Waals surface area contributed by atoms with E-state index in [1.807, 2.05) is 12.1 Å². The minimum Gasteiger partial charge on any atom is -0.497 e. The van der Waals surface area contributed by atoms with Crippen LogP contribution < -0.4 is 10.1 Å². The summed E-state index contributed by atoms with van der Waals surface area (Å²) in [5, 5.41) is 12.2. The van der Waals surface area contributed by atoms with Gasteiger partial charge in [0.05, 0.1) is 19.8 Å². The molecule has 2 aromatic rings. The third-order valence-corrected chi connectivity index (χ3v) is 4.83. The van der Waals surface area contributed by atoms with Crippen LogP contribution in [0, 0.1) is 5.82 Å². The largest absolute Gasteiger partial charge is 0.497 e. The van der Waals surface area contributed by atoms with E-state index in [1.54, 1.807) is 12.1 Å². The number of rotatable bonds is 6. The first-order chi connectivity index (χ1) is 12.9. The lowest BCUT2D eigenvalue weighted by atomic mass is 10.1. The first kappa shape index (κ1) is 19.3. The molecule has 0 radical (unpaired) electrons. The van der Waals surface area contributed by atoms with Crippen LogP contribution in [0.25, 0.3) is 0 Å². The van der Waals surface area contributed by atoms with Crippen LogP contribution >= 0.6 is 15.9 Å². The Morgan fingerprint density at radius 1 is 1.37 bits per heavy atom. The van der Waals surface area contributed by atoms with Crippen molar-refractivity contribution in [2.45, 2.75) is 12.6 Å².